The number of anilines is 1. The molecule has 1 aliphatic heterocycles. The maximum absolute atomic E-state index is 11.5. The maximum atomic E-state index is 11.5. The van der Waals surface area contributed by atoms with Crippen molar-refractivity contribution in [1.29, 1.82) is 0 Å². The van der Waals surface area contributed by atoms with Gasteiger partial charge in [-0.2, -0.15) is 0 Å². The molecule has 11 heteroatoms. The lowest BCUT2D eigenvalue weighted by Crippen LogP contribution is -2.49. The lowest BCUT2D eigenvalue weighted by molar-refractivity contribution is -0.140. The Labute approximate surface area is 180 Å². The van der Waals surface area contributed by atoms with Crippen LogP contribution < -0.4 is 4.72 Å². The third-order valence-corrected chi connectivity index (χ3v) is 5.29. The molecule has 1 unspecified atom stereocenters. The molecule has 1 fully saturated rings. The van der Waals surface area contributed by atoms with Crippen LogP contribution in [-0.4, -0.2) is 106 Å². The Kier molecular flexibility index (Phi) is 9.37. The van der Waals surface area contributed by atoms with Gasteiger partial charge in [0.05, 0.1) is 19.6 Å². The molecular weight excluding hydrogens is 412 g/mol. The molecule has 4 N–H and O–H groups in total. The van der Waals surface area contributed by atoms with E-state index in [9.17, 15) is 24.6 Å². The molecule has 1 saturated heterocycles. The third kappa shape index (κ3) is 8.19. The van der Waals surface area contributed by atoms with Crippen molar-refractivity contribution in [2.24, 2.45) is 0 Å². The second-order valence-corrected chi connectivity index (χ2v) is 7.55. The number of nitrogens with one attached hydrogen (secondary N) is 1. The van der Waals surface area contributed by atoms with Crippen LogP contribution in [0, 0.1) is 0 Å². The van der Waals surface area contributed by atoms with Crippen molar-refractivity contribution >= 4 is 36.4 Å². The van der Waals surface area contributed by atoms with E-state index in [-0.39, 0.29) is 25.7 Å². The highest BCUT2D eigenvalue weighted by Gasteiger charge is 2.27. The van der Waals surface area contributed by atoms with Crippen LogP contribution in [0.15, 0.2) is 24.3 Å². The summed E-state index contributed by atoms with van der Waals surface area (Å²) in [6, 6.07) is 7.33. The van der Waals surface area contributed by atoms with E-state index in [1.54, 1.807) is 14.7 Å². The average molecular weight is 441 g/mol. The first-order valence-electron chi connectivity index (χ1n) is 9.60. The zero-order chi connectivity index (χ0) is 22.1. The number of hydrogen-bond donors (Lipinski definition) is 5. The molecule has 10 nitrogen and oxygen atoms in total. The van der Waals surface area contributed by atoms with Gasteiger partial charge in [-0.3, -0.25) is 29.1 Å². The molecule has 0 aliphatic carbocycles. The molecule has 2 rings (SSSR count). The van der Waals surface area contributed by atoms with Crippen molar-refractivity contribution in [3.05, 3.63) is 29.8 Å². The van der Waals surface area contributed by atoms with Gasteiger partial charge in [0.25, 0.3) is 0 Å². The standard InChI is InChI=1S/C19H28N4O6S/c24-17(25)11-21-5-6-22(12-18(26)27)10-16(23(8-7-21)13-19(28)29)9-14-1-3-15(20-30)4-2-14/h1-4,16,20,30H,5-13H2,(H,24,25)(H,26,27)(H,28,29). The molecular formula is C19H28N4O6S. The first-order chi connectivity index (χ1) is 14.3. The fraction of sp³-hybridized carbons (Fsp3) is 0.526. The summed E-state index contributed by atoms with van der Waals surface area (Å²) in [5, 5.41) is 27.8. The predicted molar refractivity (Wildman–Crippen MR) is 114 cm³/mol. The quantitative estimate of drug-likeness (QED) is 0.335. The zero-order valence-electron chi connectivity index (χ0n) is 16.6. The first-order valence-corrected chi connectivity index (χ1v) is 10.0. The van der Waals surface area contributed by atoms with E-state index in [1.165, 1.54) is 0 Å². The fourth-order valence-electron chi connectivity index (χ4n) is 3.60. The topological polar surface area (TPSA) is 134 Å². The monoisotopic (exact) mass is 440 g/mol. The van der Waals surface area contributed by atoms with Crippen LogP contribution >= 0.6 is 12.8 Å². The maximum Gasteiger partial charge on any atom is 0.317 e. The van der Waals surface area contributed by atoms with Crippen LogP contribution in [0.3, 0.4) is 0 Å². The van der Waals surface area contributed by atoms with E-state index >= 15 is 0 Å². The summed E-state index contributed by atoms with van der Waals surface area (Å²) >= 11 is 4.01. The zero-order valence-corrected chi connectivity index (χ0v) is 17.5. The summed E-state index contributed by atoms with van der Waals surface area (Å²) in [5.41, 5.74) is 1.82. The van der Waals surface area contributed by atoms with Crippen molar-refractivity contribution in [1.82, 2.24) is 14.7 Å². The van der Waals surface area contributed by atoms with Gasteiger partial charge in [-0.05, 0) is 24.1 Å². The van der Waals surface area contributed by atoms with Crippen LogP contribution in [-0.2, 0) is 20.8 Å². The SMILES string of the molecule is O=C(O)CN1CCN(CC(=O)O)CC(Cc2ccc(NS)cc2)N(CC(=O)O)CC1. The summed E-state index contributed by atoms with van der Waals surface area (Å²) in [5.74, 6) is -2.94. The Bertz CT molecular complexity index is 732. The highest BCUT2D eigenvalue weighted by molar-refractivity contribution is 7.81. The fourth-order valence-corrected chi connectivity index (χ4v) is 3.75. The van der Waals surface area contributed by atoms with E-state index < -0.39 is 17.9 Å². The molecule has 0 bridgehead atoms. The highest BCUT2D eigenvalue weighted by Crippen LogP contribution is 2.16. The number of rotatable bonds is 9. The third-order valence-electron chi connectivity index (χ3n) is 5.03. The number of hydrogen-bond acceptors (Lipinski definition) is 8. The minimum Gasteiger partial charge on any atom is -0.480 e. The molecule has 0 radical (unpaired) electrons. The molecule has 1 aromatic carbocycles. The Balaban J connectivity index is 2.26. The Morgan fingerprint density at radius 3 is 1.97 bits per heavy atom. The van der Waals surface area contributed by atoms with Gasteiger partial charge in [-0.1, -0.05) is 24.9 Å². The molecule has 1 aromatic rings. The number of benzene rings is 1. The lowest BCUT2D eigenvalue weighted by Gasteiger charge is -2.33. The van der Waals surface area contributed by atoms with Gasteiger partial charge in [-0.15, -0.1) is 0 Å². The van der Waals surface area contributed by atoms with E-state index in [4.69, 9.17) is 5.11 Å². The van der Waals surface area contributed by atoms with Crippen molar-refractivity contribution in [3.8, 4) is 0 Å². The number of carboxylic acid groups (broad SMARTS) is 3. The van der Waals surface area contributed by atoms with Crippen molar-refractivity contribution < 1.29 is 29.7 Å². The van der Waals surface area contributed by atoms with E-state index in [1.807, 2.05) is 24.3 Å². The molecule has 0 spiro atoms. The Hall–Kier alpha value is -2.34. The van der Waals surface area contributed by atoms with Gasteiger partial charge < -0.3 is 20.0 Å². The van der Waals surface area contributed by atoms with Crippen molar-refractivity contribution in [2.45, 2.75) is 12.5 Å². The number of nitrogens with zero attached hydrogens (tertiary/aromatic N) is 3. The highest BCUT2D eigenvalue weighted by atomic mass is 32.1. The summed E-state index contributed by atoms with van der Waals surface area (Å²) in [6.45, 7) is 1.34. The second-order valence-electron chi connectivity index (χ2n) is 7.33. The van der Waals surface area contributed by atoms with Gasteiger partial charge in [0, 0.05) is 44.5 Å². The normalized spacial score (nSPS) is 19.4. The van der Waals surface area contributed by atoms with Crippen molar-refractivity contribution in [3.63, 3.8) is 0 Å². The summed E-state index contributed by atoms with van der Waals surface area (Å²) in [4.78, 5) is 39.2. The average Bonchev–Trinajstić information content (AvgIpc) is 2.73. The van der Waals surface area contributed by atoms with Crippen LogP contribution in [0.1, 0.15) is 5.56 Å². The van der Waals surface area contributed by atoms with Gasteiger partial charge in [0.2, 0.25) is 0 Å². The molecule has 0 saturated carbocycles. The number of carbonyl (C=O) groups is 3. The second kappa shape index (κ2) is 11.7. The number of aliphatic carboxylic acids is 3. The van der Waals surface area contributed by atoms with E-state index in [0.717, 1.165) is 11.3 Å². The molecule has 1 heterocycles. The molecule has 0 amide bonds. The van der Waals surface area contributed by atoms with E-state index in [0.29, 0.717) is 39.1 Å². The number of thiol groups is 1. The molecule has 1 aliphatic rings. The smallest absolute Gasteiger partial charge is 0.317 e. The Morgan fingerprint density at radius 1 is 0.867 bits per heavy atom. The Morgan fingerprint density at radius 2 is 1.40 bits per heavy atom. The molecule has 30 heavy (non-hydrogen) atoms. The molecule has 166 valence electrons. The van der Waals surface area contributed by atoms with Crippen LogP contribution in [0.25, 0.3) is 0 Å². The minimum atomic E-state index is -0.983. The van der Waals surface area contributed by atoms with Gasteiger partial charge in [0.15, 0.2) is 0 Å². The van der Waals surface area contributed by atoms with Gasteiger partial charge in [0.1, 0.15) is 0 Å². The summed E-state index contributed by atoms with van der Waals surface area (Å²) in [7, 11) is 0. The first kappa shape index (κ1) is 23.9. The largest absolute Gasteiger partial charge is 0.480 e. The van der Waals surface area contributed by atoms with Crippen LogP contribution in [0.2, 0.25) is 0 Å². The molecule has 0 aromatic heterocycles. The molecule has 1 atom stereocenters. The van der Waals surface area contributed by atoms with E-state index in [2.05, 4.69) is 17.5 Å². The van der Waals surface area contributed by atoms with Crippen molar-refractivity contribution in [2.75, 3.05) is 57.1 Å². The predicted octanol–water partition coefficient (Wildman–Crippen LogP) is 0.0278. The van der Waals surface area contributed by atoms with Gasteiger partial charge in [-0.25, -0.2) is 0 Å². The summed E-state index contributed by atoms with van der Waals surface area (Å²) < 4.78 is 2.75. The van der Waals surface area contributed by atoms with Gasteiger partial charge >= 0.3 is 17.9 Å². The minimum absolute atomic E-state index is 0.176. The number of carboxylic acids is 3. The summed E-state index contributed by atoms with van der Waals surface area (Å²) in [6.07, 6.45) is 0.537. The van der Waals surface area contributed by atoms with Crippen LogP contribution in [0.4, 0.5) is 5.69 Å². The lowest BCUT2D eigenvalue weighted by atomic mass is 10.0. The van der Waals surface area contributed by atoms with Crippen LogP contribution in [0.5, 0.6) is 0 Å².